The molecule has 0 fully saturated rings. The molecule has 0 amide bonds. The summed E-state index contributed by atoms with van der Waals surface area (Å²) in [4.78, 5) is 22.8. The summed E-state index contributed by atoms with van der Waals surface area (Å²) in [6, 6.07) is 19.1. The smallest absolute Gasteiger partial charge is 0.269 e. The maximum Gasteiger partial charge on any atom is 0.269 e. The van der Waals surface area contributed by atoms with Gasteiger partial charge in [0.25, 0.3) is 5.69 Å². The van der Waals surface area contributed by atoms with Gasteiger partial charge in [-0.05, 0) is 48.4 Å². The van der Waals surface area contributed by atoms with Crippen LogP contribution in [0.2, 0.25) is 0 Å². The van der Waals surface area contributed by atoms with Gasteiger partial charge in [-0.3, -0.25) is 14.9 Å². The van der Waals surface area contributed by atoms with Crippen LogP contribution in [-0.2, 0) is 6.61 Å². The van der Waals surface area contributed by atoms with Gasteiger partial charge in [-0.1, -0.05) is 29.8 Å². The number of Topliss-reactive ketones (excluding diaryl/α,β-unsaturated/α-hetero) is 1. The van der Waals surface area contributed by atoms with Crippen LogP contribution in [0.4, 0.5) is 5.69 Å². The number of nitro benzene ring substituents is 1. The lowest BCUT2D eigenvalue weighted by molar-refractivity contribution is -0.384. The van der Waals surface area contributed by atoms with Crippen molar-refractivity contribution in [3.8, 4) is 11.5 Å². The average Bonchev–Trinajstić information content (AvgIpc) is 3.03. The van der Waals surface area contributed by atoms with Crippen LogP contribution in [0.15, 0.2) is 72.5 Å². The number of benzene rings is 3. The molecule has 0 unspecified atom stereocenters. The number of nitro groups is 1. The van der Waals surface area contributed by atoms with E-state index in [0.29, 0.717) is 29.2 Å². The van der Waals surface area contributed by atoms with Gasteiger partial charge in [0.15, 0.2) is 5.76 Å². The number of carbonyl (C=O) groups is 1. The molecule has 1 aliphatic heterocycles. The van der Waals surface area contributed by atoms with Crippen molar-refractivity contribution in [1.29, 1.82) is 0 Å². The second-order valence-electron chi connectivity index (χ2n) is 6.72. The third kappa shape index (κ3) is 4.01. The van der Waals surface area contributed by atoms with Crippen molar-refractivity contribution < 1.29 is 19.2 Å². The van der Waals surface area contributed by atoms with Crippen LogP contribution < -0.4 is 9.47 Å². The summed E-state index contributed by atoms with van der Waals surface area (Å²) in [5, 5.41) is 10.7. The van der Waals surface area contributed by atoms with Crippen molar-refractivity contribution in [3.63, 3.8) is 0 Å². The van der Waals surface area contributed by atoms with Gasteiger partial charge in [0.2, 0.25) is 5.78 Å². The monoisotopic (exact) mass is 387 g/mol. The van der Waals surface area contributed by atoms with Crippen molar-refractivity contribution in [2.75, 3.05) is 0 Å². The minimum absolute atomic E-state index is 0.00975. The van der Waals surface area contributed by atoms with Gasteiger partial charge >= 0.3 is 0 Å². The van der Waals surface area contributed by atoms with Crippen LogP contribution in [0.5, 0.6) is 11.5 Å². The summed E-state index contributed by atoms with van der Waals surface area (Å²) < 4.78 is 11.5. The maximum atomic E-state index is 12.6. The Bertz CT molecular complexity index is 1120. The van der Waals surface area contributed by atoms with Gasteiger partial charge in [0.05, 0.1) is 10.5 Å². The molecule has 0 aromatic heterocycles. The molecule has 4 rings (SSSR count). The zero-order valence-electron chi connectivity index (χ0n) is 15.6. The minimum Gasteiger partial charge on any atom is -0.489 e. The van der Waals surface area contributed by atoms with E-state index in [0.717, 1.165) is 5.56 Å². The molecule has 3 aromatic rings. The Labute approximate surface area is 167 Å². The predicted molar refractivity (Wildman–Crippen MR) is 108 cm³/mol. The average molecular weight is 387 g/mol. The van der Waals surface area contributed by atoms with Gasteiger partial charge in [-0.25, -0.2) is 0 Å². The molecule has 144 valence electrons. The molecule has 0 aliphatic carbocycles. The van der Waals surface area contributed by atoms with Crippen molar-refractivity contribution in [2.24, 2.45) is 0 Å². The summed E-state index contributed by atoms with van der Waals surface area (Å²) in [6.45, 7) is 2.44. The molecule has 0 N–H and O–H groups in total. The molecule has 0 radical (unpaired) electrons. The van der Waals surface area contributed by atoms with E-state index in [4.69, 9.17) is 9.47 Å². The summed E-state index contributed by atoms with van der Waals surface area (Å²) in [5.41, 5.74) is 3.32. The molecule has 0 bridgehead atoms. The fourth-order valence-corrected chi connectivity index (χ4v) is 2.95. The van der Waals surface area contributed by atoms with Crippen LogP contribution in [0.3, 0.4) is 0 Å². The first-order chi connectivity index (χ1) is 14.0. The molecule has 1 aliphatic rings. The number of rotatable bonds is 5. The number of carbonyl (C=O) groups excluding carboxylic acids is 1. The van der Waals surface area contributed by atoms with E-state index >= 15 is 0 Å². The highest BCUT2D eigenvalue weighted by atomic mass is 16.6. The lowest BCUT2D eigenvalue weighted by Crippen LogP contribution is -1.98. The number of non-ortho nitro benzene ring substituents is 1. The highest BCUT2D eigenvalue weighted by Crippen LogP contribution is 2.35. The predicted octanol–water partition coefficient (Wildman–Crippen LogP) is 5.10. The van der Waals surface area contributed by atoms with Crippen LogP contribution in [0.25, 0.3) is 6.08 Å². The number of ether oxygens (including phenoxy) is 2. The van der Waals surface area contributed by atoms with Gasteiger partial charge in [-0.15, -0.1) is 0 Å². The molecular formula is C23H17NO5. The number of allylic oxidation sites excluding steroid dienone is 1. The molecular weight excluding hydrogens is 370 g/mol. The first-order valence-electron chi connectivity index (χ1n) is 9.01. The Morgan fingerprint density at radius 2 is 1.76 bits per heavy atom. The number of fused-ring (bicyclic) bond motifs is 1. The summed E-state index contributed by atoms with van der Waals surface area (Å²) in [7, 11) is 0. The van der Waals surface area contributed by atoms with E-state index in [1.54, 1.807) is 36.4 Å². The Morgan fingerprint density at radius 3 is 2.45 bits per heavy atom. The van der Waals surface area contributed by atoms with Crippen molar-refractivity contribution in [1.82, 2.24) is 0 Å². The van der Waals surface area contributed by atoms with Crippen molar-refractivity contribution in [2.45, 2.75) is 13.5 Å². The first-order valence-corrected chi connectivity index (χ1v) is 9.01. The largest absolute Gasteiger partial charge is 0.489 e. The van der Waals surface area contributed by atoms with Gasteiger partial charge < -0.3 is 9.47 Å². The van der Waals surface area contributed by atoms with E-state index in [1.807, 2.05) is 31.2 Å². The van der Waals surface area contributed by atoms with Crippen LogP contribution in [0.1, 0.15) is 27.0 Å². The summed E-state index contributed by atoms with van der Waals surface area (Å²) >= 11 is 0. The Hall–Kier alpha value is -3.93. The van der Waals surface area contributed by atoms with Crippen molar-refractivity contribution in [3.05, 3.63) is 105 Å². The quantitative estimate of drug-likeness (QED) is 0.346. The van der Waals surface area contributed by atoms with Gasteiger partial charge in [-0.2, -0.15) is 0 Å². The third-order valence-corrected chi connectivity index (χ3v) is 4.57. The Balaban J connectivity index is 1.49. The molecule has 29 heavy (non-hydrogen) atoms. The SMILES string of the molecule is Cc1ccc(COc2ccc3c(c2)O/C(=C\c2ccc([N+](=O)[O-])cc2)C3=O)cc1. The number of hydrogen-bond donors (Lipinski definition) is 0. The lowest BCUT2D eigenvalue weighted by Gasteiger charge is -2.07. The highest BCUT2D eigenvalue weighted by Gasteiger charge is 2.27. The number of aryl methyl sites for hydroxylation is 1. The molecule has 1 heterocycles. The molecule has 3 aromatic carbocycles. The van der Waals surface area contributed by atoms with Crippen molar-refractivity contribution >= 4 is 17.5 Å². The normalized spacial score (nSPS) is 13.8. The summed E-state index contributed by atoms with van der Waals surface area (Å²) in [5.74, 6) is 0.978. The van der Waals surface area contributed by atoms with E-state index in [-0.39, 0.29) is 17.2 Å². The van der Waals surface area contributed by atoms with Gasteiger partial charge in [0, 0.05) is 18.2 Å². The topological polar surface area (TPSA) is 78.7 Å². The molecule has 0 atom stereocenters. The van der Waals surface area contributed by atoms with Crippen LogP contribution in [0, 0.1) is 17.0 Å². The maximum absolute atomic E-state index is 12.6. The van der Waals surface area contributed by atoms with E-state index in [1.165, 1.54) is 17.7 Å². The number of hydrogen-bond acceptors (Lipinski definition) is 5. The molecule has 6 nitrogen and oxygen atoms in total. The second kappa shape index (κ2) is 7.59. The van der Waals surface area contributed by atoms with Crippen LogP contribution >= 0.6 is 0 Å². The lowest BCUT2D eigenvalue weighted by atomic mass is 10.1. The van der Waals surface area contributed by atoms with Gasteiger partial charge in [0.1, 0.15) is 18.1 Å². The zero-order chi connectivity index (χ0) is 20.4. The highest BCUT2D eigenvalue weighted by molar-refractivity contribution is 6.14. The molecule has 0 spiro atoms. The van der Waals surface area contributed by atoms with E-state index < -0.39 is 4.92 Å². The third-order valence-electron chi connectivity index (χ3n) is 4.57. The summed E-state index contributed by atoms with van der Waals surface area (Å²) in [6.07, 6.45) is 1.57. The van der Waals surface area contributed by atoms with E-state index in [2.05, 4.69) is 0 Å². The Morgan fingerprint density at radius 1 is 1.03 bits per heavy atom. The number of ketones is 1. The van der Waals surface area contributed by atoms with Crippen LogP contribution in [-0.4, -0.2) is 10.7 Å². The zero-order valence-corrected chi connectivity index (χ0v) is 15.6. The molecule has 0 saturated carbocycles. The van der Waals surface area contributed by atoms with E-state index in [9.17, 15) is 14.9 Å². The fraction of sp³-hybridized carbons (Fsp3) is 0.0870. The molecule has 6 heteroatoms. The number of nitrogens with zero attached hydrogens (tertiary/aromatic N) is 1. The standard InChI is InChI=1S/C23H17NO5/c1-15-2-4-17(5-3-15)14-28-19-10-11-20-21(13-19)29-22(23(20)25)12-16-6-8-18(9-7-16)24(26)27/h2-13H,14H2,1H3/b22-12-. The second-order valence-corrected chi connectivity index (χ2v) is 6.72. The first kappa shape index (κ1) is 18.4. The fourth-order valence-electron chi connectivity index (χ4n) is 2.95. The minimum atomic E-state index is -0.470. The molecule has 0 saturated heterocycles. The Kier molecular flexibility index (Phi) is 4.83.